The SMILES string of the molecule is CN=C(NCCc1ccc(C)nc1)N1CCN(CC(=O)N2CCCC2)CC1.I. The van der Waals surface area contributed by atoms with Crippen molar-refractivity contribution in [1.82, 2.24) is 25.0 Å². The third kappa shape index (κ3) is 6.58. The highest BCUT2D eigenvalue weighted by atomic mass is 127. The molecule has 3 heterocycles. The number of aromatic nitrogens is 1. The predicted octanol–water partition coefficient (Wildman–Crippen LogP) is 1.37. The van der Waals surface area contributed by atoms with Crippen LogP contribution in [0.3, 0.4) is 0 Å². The zero-order valence-corrected chi connectivity index (χ0v) is 19.4. The molecule has 0 bridgehead atoms. The van der Waals surface area contributed by atoms with Gasteiger partial charge in [-0.25, -0.2) is 0 Å². The van der Waals surface area contributed by atoms with Crippen LogP contribution in [-0.4, -0.2) is 91.0 Å². The second kappa shape index (κ2) is 11.5. The van der Waals surface area contributed by atoms with Crippen molar-refractivity contribution in [2.24, 2.45) is 4.99 Å². The van der Waals surface area contributed by atoms with Gasteiger partial charge in [-0.15, -0.1) is 24.0 Å². The van der Waals surface area contributed by atoms with Crippen molar-refractivity contribution in [3.63, 3.8) is 0 Å². The van der Waals surface area contributed by atoms with Crippen molar-refractivity contribution in [3.05, 3.63) is 29.6 Å². The molecule has 0 atom stereocenters. The van der Waals surface area contributed by atoms with Gasteiger partial charge in [0.05, 0.1) is 6.54 Å². The van der Waals surface area contributed by atoms with Crippen LogP contribution in [0.25, 0.3) is 0 Å². The molecule has 0 aliphatic carbocycles. The molecule has 7 nitrogen and oxygen atoms in total. The van der Waals surface area contributed by atoms with Gasteiger partial charge >= 0.3 is 0 Å². The lowest BCUT2D eigenvalue weighted by atomic mass is 10.2. The van der Waals surface area contributed by atoms with Gasteiger partial charge < -0.3 is 15.1 Å². The molecule has 0 saturated carbocycles. The molecule has 8 heteroatoms. The maximum Gasteiger partial charge on any atom is 0.236 e. The quantitative estimate of drug-likeness (QED) is 0.376. The summed E-state index contributed by atoms with van der Waals surface area (Å²) in [7, 11) is 1.83. The molecule has 1 aromatic heterocycles. The van der Waals surface area contributed by atoms with Crippen LogP contribution in [0.1, 0.15) is 24.1 Å². The number of nitrogens with zero attached hydrogens (tertiary/aromatic N) is 5. The number of halogens is 1. The highest BCUT2D eigenvalue weighted by Crippen LogP contribution is 2.09. The van der Waals surface area contributed by atoms with Crippen LogP contribution < -0.4 is 5.32 Å². The monoisotopic (exact) mass is 500 g/mol. The summed E-state index contributed by atoms with van der Waals surface area (Å²) in [5, 5.41) is 3.46. The molecule has 2 aliphatic rings. The number of carbonyl (C=O) groups excluding carboxylic acids is 1. The first kappa shape index (κ1) is 22.9. The van der Waals surface area contributed by atoms with Crippen molar-refractivity contribution < 1.29 is 4.79 Å². The third-order valence-corrected chi connectivity index (χ3v) is 5.37. The maximum atomic E-state index is 12.3. The fourth-order valence-corrected chi connectivity index (χ4v) is 3.67. The van der Waals surface area contributed by atoms with Gasteiger partial charge in [-0.1, -0.05) is 6.07 Å². The smallest absolute Gasteiger partial charge is 0.236 e. The highest BCUT2D eigenvalue weighted by Gasteiger charge is 2.24. The lowest BCUT2D eigenvalue weighted by Crippen LogP contribution is -2.54. The van der Waals surface area contributed by atoms with Crippen LogP contribution in [-0.2, 0) is 11.2 Å². The van der Waals surface area contributed by atoms with Gasteiger partial charge in [0.2, 0.25) is 5.91 Å². The molecular weight excluding hydrogens is 467 g/mol. The van der Waals surface area contributed by atoms with Gasteiger partial charge in [0, 0.05) is 64.8 Å². The Hall–Kier alpha value is -1.42. The number of piperazine rings is 1. The minimum atomic E-state index is 0. The Labute approximate surface area is 185 Å². The molecule has 0 aromatic carbocycles. The molecule has 2 saturated heterocycles. The Balaban J connectivity index is 0.00000280. The van der Waals surface area contributed by atoms with Crippen molar-refractivity contribution in [1.29, 1.82) is 0 Å². The number of amides is 1. The van der Waals surface area contributed by atoms with Crippen molar-refractivity contribution >= 4 is 35.8 Å². The van der Waals surface area contributed by atoms with Gasteiger partial charge in [-0.05, 0) is 37.8 Å². The Bertz CT molecular complexity index is 637. The van der Waals surface area contributed by atoms with Crippen LogP contribution in [0, 0.1) is 6.92 Å². The van der Waals surface area contributed by atoms with E-state index < -0.39 is 0 Å². The largest absolute Gasteiger partial charge is 0.356 e. The van der Waals surface area contributed by atoms with Crippen LogP contribution in [0.4, 0.5) is 0 Å². The molecule has 1 amide bonds. The molecule has 28 heavy (non-hydrogen) atoms. The molecule has 0 unspecified atom stereocenters. The zero-order valence-electron chi connectivity index (χ0n) is 17.1. The normalized spacial score (nSPS) is 18.1. The Morgan fingerprint density at radius 1 is 1.11 bits per heavy atom. The van der Waals surface area contributed by atoms with Gasteiger partial charge in [0.1, 0.15) is 0 Å². The Morgan fingerprint density at radius 3 is 2.43 bits per heavy atom. The number of aryl methyl sites for hydroxylation is 1. The molecule has 2 fully saturated rings. The number of carbonyl (C=O) groups is 1. The number of aliphatic imine (C=N–C) groups is 1. The Morgan fingerprint density at radius 2 is 1.82 bits per heavy atom. The minimum absolute atomic E-state index is 0. The molecule has 2 aliphatic heterocycles. The van der Waals surface area contributed by atoms with E-state index in [0.717, 1.165) is 76.7 Å². The molecule has 0 radical (unpaired) electrons. The van der Waals surface area contributed by atoms with Crippen LogP contribution in [0.5, 0.6) is 0 Å². The fourth-order valence-electron chi connectivity index (χ4n) is 3.67. The van der Waals surface area contributed by atoms with E-state index >= 15 is 0 Å². The Kier molecular flexibility index (Phi) is 9.43. The number of hydrogen-bond donors (Lipinski definition) is 1. The summed E-state index contributed by atoms with van der Waals surface area (Å²) < 4.78 is 0. The van der Waals surface area contributed by atoms with E-state index in [-0.39, 0.29) is 29.9 Å². The molecule has 1 N–H and O–H groups in total. The minimum Gasteiger partial charge on any atom is -0.356 e. The molecule has 1 aromatic rings. The van der Waals surface area contributed by atoms with Crippen LogP contribution in [0.15, 0.2) is 23.3 Å². The number of nitrogens with one attached hydrogen (secondary N) is 1. The van der Waals surface area contributed by atoms with E-state index in [2.05, 4.69) is 31.2 Å². The summed E-state index contributed by atoms with van der Waals surface area (Å²) in [6.07, 6.45) is 5.17. The predicted molar refractivity (Wildman–Crippen MR) is 123 cm³/mol. The summed E-state index contributed by atoms with van der Waals surface area (Å²) in [6, 6.07) is 4.18. The number of rotatable bonds is 5. The third-order valence-electron chi connectivity index (χ3n) is 5.37. The number of hydrogen-bond acceptors (Lipinski definition) is 4. The zero-order chi connectivity index (χ0) is 19.1. The van der Waals surface area contributed by atoms with E-state index in [1.165, 1.54) is 5.56 Å². The number of pyridine rings is 1. The maximum absolute atomic E-state index is 12.3. The first-order chi connectivity index (χ1) is 13.2. The fraction of sp³-hybridized carbons (Fsp3) is 0.650. The van der Waals surface area contributed by atoms with E-state index in [1.807, 2.05) is 31.1 Å². The highest BCUT2D eigenvalue weighted by molar-refractivity contribution is 14.0. The van der Waals surface area contributed by atoms with Crippen molar-refractivity contribution in [2.75, 3.05) is 59.4 Å². The van der Waals surface area contributed by atoms with E-state index in [9.17, 15) is 4.79 Å². The number of guanidine groups is 1. The summed E-state index contributed by atoms with van der Waals surface area (Å²) in [5.41, 5.74) is 2.28. The lowest BCUT2D eigenvalue weighted by molar-refractivity contribution is -0.131. The van der Waals surface area contributed by atoms with E-state index in [4.69, 9.17) is 0 Å². The van der Waals surface area contributed by atoms with E-state index in [0.29, 0.717) is 6.54 Å². The molecule has 3 rings (SSSR count). The number of likely N-dealkylation sites (tertiary alicyclic amines) is 1. The van der Waals surface area contributed by atoms with Crippen LogP contribution >= 0.6 is 24.0 Å². The van der Waals surface area contributed by atoms with Gasteiger partial charge in [-0.2, -0.15) is 0 Å². The standard InChI is InChI=1S/C20H32N6O.HI/c1-17-5-6-18(15-23-17)7-8-22-20(21-2)26-13-11-24(12-14-26)16-19(27)25-9-3-4-10-25;/h5-6,15H,3-4,7-14,16H2,1-2H3,(H,21,22);1H. The van der Waals surface area contributed by atoms with E-state index in [1.54, 1.807) is 0 Å². The summed E-state index contributed by atoms with van der Waals surface area (Å²) in [4.78, 5) is 27.6. The van der Waals surface area contributed by atoms with Crippen LogP contribution in [0.2, 0.25) is 0 Å². The van der Waals surface area contributed by atoms with Gasteiger partial charge in [-0.3, -0.25) is 19.7 Å². The molecular formula is C20H33IN6O. The van der Waals surface area contributed by atoms with Crippen molar-refractivity contribution in [2.45, 2.75) is 26.2 Å². The average Bonchev–Trinajstić information content (AvgIpc) is 3.23. The van der Waals surface area contributed by atoms with Gasteiger partial charge in [0.15, 0.2) is 5.96 Å². The second-order valence-corrected chi connectivity index (χ2v) is 7.38. The second-order valence-electron chi connectivity index (χ2n) is 7.38. The summed E-state index contributed by atoms with van der Waals surface area (Å²) in [5.74, 6) is 1.23. The summed E-state index contributed by atoms with van der Waals surface area (Å²) in [6.45, 7) is 8.88. The van der Waals surface area contributed by atoms with Gasteiger partial charge in [0.25, 0.3) is 0 Å². The first-order valence-corrected chi connectivity index (χ1v) is 10.0. The molecule has 0 spiro atoms. The topological polar surface area (TPSA) is 64.1 Å². The molecule has 156 valence electrons. The summed E-state index contributed by atoms with van der Waals surface area (Å²) >= 11 is 0. The average molecular weight is 500 g/mol. The van der Waals surface area contributed by atoms with Crippen molar-refractivity contribution in [3.8, 4) is 0 Å². The first-order valence-electron chi connectivity index (χ1n) is 10.0. The lowest BCUT2D eigenvalue weighted by Gasteiger charge is -2.36.